The number of anilines is 2. The lowest BCUT2D eigenvalue weighted by Gasteiger charge is -2.45. The molecular weight excluding hydrogens is 643 g/mol. The Morgan fingerprint density at radius 2 is 1.51 bits per heavy atom. The average Bonchev–Trinajstić information content (AvgIpc) is 3.88. The van der Waals surface area contributed by atoms with E-state index in [0.29, 0.717) is 17.4 Å². The molecule has 2 atom stereocenters. The number of pyridine rings is 1. The van der Waals surface area contributed by atoms with Crippen LogP contribution in [0.25, 0.3) is 0 Å². The molecule has 0 saturated carbocycles. The summed E-state index contributed by atoms with van der Waals surface area (Å²) in [6.45, 7) is 8.37. The number of carbonyl (C=O) groups excluding carboxylic acids is 1. The van der Waals surface area contributed by atoms with Gasteiger partial charge in [0, 0.05) is 42.7 Å². The Morgan fingerprint density at radius 3 is 2.14 bits per heavy atom. The summed E-state index contributed by atoms with van der Waals surface area (Å²) in [4.78, 5) is 25.2. The van der Waals surface area contributed by atoms with E-state index in [1.807, 2.05) is 41.1 Å². The van der Waals surface area contributed by atoms with Crippen LogP contribution in [0.3, 0.4) is 0 Å². The SMILES string of the molecule is CC(C)(C)[Si](O[C@@H]1CCN(c2ccccc2)[C@@H]1c1csc(NC(=O)c2cccn2Cc2ccncc2)n1)(c1ccccc1)c1ccccc1. The third kappa shape index (κ3) is 6.61. The number of amides is 1. The Hall–Kier alpha value is -4.83. The normalized spacial score (nSPS) is 16.5. The minimum atomic E-state index is -2.84. The Kier molecular flexibility index (Phi) is 9.31. The molecule has 1 fully saturated rings. The molecule has 1 N–H and O–H groups in total. The Labute approximate surface area is 293 Å². The van der Waals surface area contributed by atoms with Crippen molar-refractivity contribution in [2.75, 3.05) is 16.8 Å². The fraction of sp³-hybridized carbons (Fsp3) is 0.225. The smallest absolute Gasteiger partial charge is 0.274 e. The van der Waals surface area contributed by atoms with Gasteiger partial charge in [0.2, 0.25) is 0 Å². The fourth-order valence-corrected chi connectivity index (χ4v) is 12.6. The van der Waals surface area contributed by atoms with E-state index in [2.05, 4.69) is 126 Å². The number of para-hydroxylation sites is 1. The fourth-order valence-electron chi connectivity index (χ4n) is 7.15. The van der Waals surface area contributed by atoms with Gasteiger partial charge in [0.25, 0.3) is 14.2 Å². The lowest BCUT2D eigenvalue weighted by molar-refractivity contribution is 0.101. The van der Waals surface area contributed by atoms with Crippen LogP contribution in [0.1, 0.15) is 55.0 Å². The second-order valence-corrected chi connectivity index (χ2v) is 18.6. The number of hydrogen-bond acceptors (Lipinski definition) is 6. The van der Waals surface area contributed by atoms with Crippen molar-refractivity contribution < 1.29 is 9.22 Å². The minimum Gasteiger partial charge on any atom is -0.402 e. The van der Waals surface area contributed by atoms with E-state index >= 15 is 0 Å². The van der Waals surface area contributed by atoms with Gasteiger partial charge in [-0.1, -0.05) is 99.6 Å². The van der Waals surface area contributed by atoms with Gasteiger partial charge in [-0.2, -0.15) is 0 Å². The van der Waals surface area contributed by atoms with Crippen LogP contribution in [0, 0.1) is 0 Å². The standard InChI is InChI=1S/C40H41N5O2SSi/c1-40(2,3)49(32-16-9-5-10-17-32,33-18-11-6-12-19-33)47-36-23-27-45(31-14-7-4-8-15-31)37(36)34-29-48-39(42-34)43-38(46)35-20-13-26-44(35)28-30-21-24-41-25-22-30/h4-22,24-26,29,36-37H,23,27-28H2,1-3H3,(H,42,43,46)/t36-,37-/m1/s1. The molecule has 9 heteroatoms. The van der Waals surface area contributed by atoms with Gasteiger partial charge < -0.3 is 13.9 Å². The summed E-state index contributed by atoms with van der Waals surface area (Å²) in [6.07, 6.45) is 6.18. The zero-order valence-corrected chi connectivity index (χ0v) is 29.9. The van der Waals surface area contributed by atoms with Gasteiger partial charge in [0.05, 0.1) is 17.8 Å². The van der Waals surface area contributed by atoms with Crippen LogP contribution in [0.15, 0.2) is 139 Å². The summed E-state index contributed by atoms with van der Waals surface area (Å²) in [5.41, 5.74) is 3.68. The van der Waals surface area contributed by atoms with Crippen molar-refractivity contribution in [2.45, 2.75) is 50.9 Å². The van der Waals surface area contributed by atoms with Crippen molar-refractivity contribution in [3.05, 3.63) is 156 Å². The van der Waals surface area contributed by atoms with Gasteiger partial charge in [-0.3, -0.25) is 15.1 Å². The number of nitrogens with zero attached hydrogens (tertiary/aromatic N) is 4. The Balaban J connectivity index is 1.23. The maximum atomic E-state index is 13.6. The molecule has 3 aromatic heterocycles. The van der Waals surface area contributed by atoms with Crippen molar-refractivity contribution in [1.29, 1.82) is 0 Å². The van der Waals surface area contributed by atoms with E-state index in [0.717, 1.165) is 29.9 Å². The van der Waals surface area contributed by atoms with Crippen LogP contribution in [-0.4, -0.2) is 41.4 Å². The third-order valence-corrected chi connectivity index (χ3v) is 15.2. The van der Waals surface area contributed by atoms with Crippen molar-refractivity contribution in [1.82, 2.24) is 14.5 Å². The molecule has 49 heavy (non-hydrogen) atoms. The Bertz CT molecular complexity index is 1940. The minimum absolute atomic E-state index is 0.130. The van der Waals surface area contributed by atoms with Crippen LogP contribution in [0.4, 0.5) is 10.8 Å². The van der Waals surface area contributed by atoms with Gasteiger partial charge in [0.15, 0.2) is 5.13 Å². The van der Waals surface area contributed by atoms with Crippen molar-refractivity contribution in [3.63, 3.8) is 0 Å². The lowest BCUT2D eigenvalue weighted by atomic mass is 10.1. The molecule has 0 bridgehead atoms. The van der Waals surface area contributed by atoms with E-state index in [1.165, 1.54) is 21.7 Å². The quantitative estimate of drug-likeness (QED) is 0.151. The molecule has 0 spiro atoms. The summed E-state index contributed by atoms with van der Waals surface area (Å²) < 4.78 is 9.69. The lowest BCUT2D eigenvalue weighted by Crippen LogP contribution is -2.68. The highest BCUT2D eigenvalue weighted by Crippen LogP contribution is 2.44. The molecule has 4 heterocycles. The van der Waals surface area contributed by atoms with Gasteiger partial charge in [0.1, 0.15) is 5.69 Å². The van der Waals surface area contributed by atoms with Crippen molar-refractivity contribution in [2.24, 2.45) is 0 Å². The summed E-state index contributed by atoms with van der Waals surface area (Å²) >= 11 is 1.46. The molecule has 1 amide bonds. The molecule has 3 aromatic carbocycles. The third-order valence-electron chi connectivity index (χ3n) is 9.39. The molecule has 7 rings (SSSR count). The second kappa shape index (κ2) is 14.0. The number of thiazole rings is 1. The van der Waals surface area contributed by atoms with Gasteiger partial charge in [-0.15, -0.1) is 11.3 Å². The predicted octanol–water partition coefficient (Wildman–Crippen LogP) is 7.54. The summed E-state index contributed by atoms with van der Waals surface area (Å²) in [6, 6.07) is 39.7. The van der Waals surface area contributed by atoms with Crippen LogP contribution in [0.2, 0.25) is 5.04 Å². The first-order valence-corrected chi connectivity index (χ1v) is 19.5. The topological polar surface area (TPSA) is 72.3 Å². The van der Waals surface area contributed by atoms with Crippen LogP contribution >= 0.6 is 11.3 Å². The largest absolute Gasteiger partial charge is 0.402 e. The molecule has 0 unspecified atom stereocenters. The maximum absolute atomic E-state index is 13.6. The second-order valence-electron chi connectivity index (χ2n) is 13.5. The molecule has 1 saturated heterocycles. The van der Waals surface area contributed by atoms with E-state index in [1.54, 1.807) is 12.4 Å². The number of benzene rings is 3. The molecule has 0 aliphatic carbocycles. The summed E-state index contributed by atoms with van der Waals surface area (Å²) in [7, 11) is -2.84. The van der Waals surface area contributed by atoms with Crippen LogP contribution in [-0.2, 0) is 11.0 Å². The van der Waals surface area contributed by atoms with Crippen LogP contribution < -0.4 is 20.6 Å². The van der Waals surface area contributed by atoms with Gasteiger partial charge >= 0.3 is 0 Å². The van der Waals surface area contributed by atoms with E-state index in [9.17, 15) is 4.79 Å². The van der Waals surface area contributed by atoms with E-state index in [4.69, 9.17) is 9.41 Å². The molecule has 0 radical (unpaired) electrons. The maximum Gasteiger partial charge on any atom is 0.274 e. The van der Waals surface area contributed by atoms with Crippen molar-refractivity contribution >= 4 is 46.8 Å². The highest BCUT2D eigenvalue weighted by molar-refractivity contribution is 7.14. The highest BCUT2D eigenvalue weighted by Gasteiger charge is 2.54. The summed E-state index contributed by atoms with van der Waals surface area (Å²) in [5, 5.41) is 8.10. The number of aromatic nitrogens is 3. The van der Waals surface area contributed by atoms with Crippen LogP contribution in [0.5, 0.6) is 0 Å². The molecule has 7 nitrogen and oxygen atoms in total. The molecular formula is C40H41N5O2SSi. The van der Waals surface area contributed by atoms with Gasteiger partial charge in [-0.05, 0) is 63.8 Å². The highest BCUT2D eigenvalue weighted by atomic mass is 32.1. The molecule has 6 aromatic rings. The monoisotopic (exact) mass is 683 g/mol. The molecule has 1 aliphatic heterocycles. The first-order valence-electron chi connectivity index (χ1n) is 16.7. The number of rotatable bonds is 10. The first-order chi connectivity index (χ1) is 23.8. The number of nitrogens with one attached hydrogen (secondary N) is 1. The number of carbonyl (C=O) groups is 1. The Morgan fingerprint density at radius 1 is 0.878 bits per heavy atom. The van der Waals surface area contributed by atoms with Crippen molar-refractivity contribution in [3.8, 4) is 0 Å². The molecule has 248 valence electrons. The predicted molar refractivity (Wildman–Crippen MR) is 201 cm³/mol. The number of hydrogen-bond donors (Lipinski definition) is 1. The zero-order valence-electron chi connectivity index (χ0n) is 28.1. The van der Waals surface area contributed by atoms with E-state index < -0.39 is 8.32 Å². The average molecular weight is 684 g/mol. The first kappa shape index (κ1) is 32.7. The molecule has 1 aliphatic rings. The summed E-state index contributed by atoms with van der Waals surface area (Å²) in [5.74, 6) is -0.189. The zero-order chi connectivity index (χ0) is 33.8. The van der Waals surface area contributed by atoms with Gasteiger partial charge in [-0.25, -0.2) is 4.98 Å². The van der Waals surface area contributed by atoms with E-state index in [-0.39, 0.29) is 23.1 Å².